The molecule has 3 amide bonds. The predicted molar refractivity (Wildman–Crippen MR) is 150 cm³/mol. The Morgan fingerprint density at radius 3 is 2.35 bits per heavy atom. The maximum absolute atomic E-state index is 12.8. The number of nitrogens with zero attached hydrogens (tertiary/aromatic N) is 1. The van der Waals surface area contributed by atoms with Crippen molar-refractivity contribution in [2.24, 2.45) is 5.10 Å². The van der Waals surface area contributed by atoms with Crippen molar-refractivity contribution in [2.75, 3.05) is 12.4 Å². The van der Waals surface area contributed by atoms with Crippen LogP contribution >= 0.6 is 0 Å². The smallest absolute Gasteiger partial charge is 0.343 e. The average molecular weight is 543 g/mol. The number of hydrogen-bond donors (Lipinski definition) is 3. The van der Waals surface area contributed by atoms with Gasteiger partial charge in [0.15, 0.2) is 0 Å². The fourth-order valence-electron chi connectivity index (χ4n) is 4.25. The van der Waals surface area contributed by atoms with Gasteiger partial charge in [-0.2, -0.15) is 5.10 Å². The standard InChI is InChI=1S/C30H30N4O6/c1-39-23-16-14-21(15-17-23)30(38)40-24-11-7-8-20(18-24)19-31-34-29(37)28(36)33-26-13-6-5-12-25(26)27(35)32-22-9-3-2-4-10-22/h5-8,11-19,22H,2-4,9-10H2,1H3,(H,32,35)(H,33,36)(H,34,37)/b31-19-. The second-order valence-corrected chi connectivity index (χ2v) is 9.20. The van der Waals surface area contributed by atoms with E-state index in [0.29, 0.717) is 16.9 Å². The van der Waals surface area contributed by atoms with Gasteiger partial charge >= 0.3 is 17.8 Å². The van der Waals surface area contributed by atoms with E-state index < -0.39 is 17.8 Å². The van der Waals surface area contributed by atoms with Crippen LogP contribution in [0.15, 0.2) is 77.9 Å². The first kappa shape index (κ1) is 28.0. The van der Waals surface area contributed by atoms with E-state index >= 15 is 0 Å². The summed E-state index contributed by atoms with van der Waals surface area (Å²) in [5.41, 5.74) is 3.54. The maximum Gasteiger partial charge on any atom is 0.343 e. The molecule has 40 heavy (non-hydrogen) atoms. The second-order valence-electron chi connectivity index (χ2n) is 9.20. The van der Waals surface area contributed by atoms with E-state index in [1.54, 1.807) is 72.8 Å². The molecule has 0 aromatic heterocycles. The molecule has 1 fully saturated rings. The molecule has 0 aliphatic heterocycles. The summed E-state index contributed by atoms with van der Waals surface area (Å²) in [7, 11) is 1.54. The SMILES string of the molecule is COc1ccc(C(=O)Oc2cccc(/C=N\NC(=O)C(=O)Nc3ccccc3C(=O)NC3CCCCC3)c2)cc1. The number of carbonyl (C=O) groups is 4. The number of ether oxygens (including phenoxy) is 2. The molecule has 0 bridgehead atoms. The molecule has 3 N–H and O–H groups in total. The zero-order valence-electron chi connectivity index (χ0n) is 22.0. The summed E-state index contributed by atoms with van der Waals surface area (Å²) in [5, 5.41) is 9.31. The van der Waals surface area contributed by atoms with E-state index in [2.05, 4.69) is 21.2 Å². The minimum Gasteiger partial charge on any atom is -0.497 e. The van der Waals surface area contributed by atoms with Gasteiger partial charge in [-0.1, -0.05) is 43.5 Å². The molecule has 0 saturated heterocycles. The summed E-state index contributed by atoms with van der Waals surface area (Å²) < 4.78 is 10.5. The third-order valence-electron chi connectivity index (χ3n) is 6.34. The molecule has 0 unspecified atom stereocenters. The highest BCUT2D eigenvalue weighted by Gasteiger charge is 2.21. The number of carbonyl (C=O) groups excluding carboxylic acids is 4. The molecule has 0 spiro atoms. The van der Waals surface area contributed by atoms with E-state index in [-0.39, 0.29) is 28.9 Å². The van der Waals surface area contributed by atoms with Gasteiger partial charge in [-0.05, 0) is 66.9 Å². The first-order valence-corrected chi connectivity index (χ1v) is 12.9. The third-order valence-corrected chi connectivity index (χ3v) is 6.34. The highest BCUT2D eigenvalue weighted by Crippen LogP contribution is 2.20. The van der Waals surface area contributed by atoms with Gasteiger partial charge in [-0.25, -0.2) is 10.2 Å². The Morgan fingerprint density at radius 1 is 0.850 bits per heavy atom. The molecule has 3 aromatic rings. The molecule has 4 rings (SSSR count). The normalized spacial score (nSPS) is 13.3. The number of hydrazone groups is 1. The number of nitrogens with one attached hydrogen (secondary N) is 3. The first-order valence-electron chi connectivity index (χ1n) is 12.9. The molecule has 1 aliphatic rings. The van der Waals surface area contributed by atoms with E-state index in [1.807, 2.05) is 0 Å². The number of rotatable bonds is 8. The van der Waals surface area contributed by atoms with Gasteiger partial charge in [0.1, 0.15) is 11.5 Å². The van der Waals surface area contributed by atoms with Crippen molar-refractivity contribution >= 4 is 35.6 Å². The average Bonchev–Trinajstić information content (AvgIpc) is 2.98. The zero-order chi connectivity index (χ0) is 28.3. The Kier molecular flexibility index (Phi) is 9.60. The zero-order valence-corrected chi connectivity index (χ0v) is 22.0. The van der Waals surface area contributed by atoms with Crippen molar-refractivity contribution in [2.45, 2.75) is 38.1 Å². The van der Waals surface area contributed by atoms with Gasteiger partial charge in [-0.3, -0.25) is 14.4 Å². The summed E-state index contributed by atoms with van der Waals surface area (Å²) >= 11 is 0. The van der Waals surface area contributed by atoms with Crippen LogP contribution in [0.2, 0.25) is 0 Å². The van der Waals surface area contributed by atoms with Crippen molar-refractivity contribution in [3.8, 4) is 11.5 Å². The van der Waals surface area contributed by atoms with Crippen LogP contribution < -0.4 is 25.5 Å². The van der Waals surface area contributed by atoms with Crippen LogP contribution in [0, 0.1) is 0 Å². The lowest BCUT2D eigenvalue weighted by Gasteiger charge is -2.23. The molecule has 10 nitrogen and oxygen atoms in total. The van der Waals surface area contributed by atoms with Gasteiger partial charge in [0.25, 0.3) is 5.91 Å². The Bertz CT molecular complexity index is 1400. The summed E-state index contributed by atoms with van der Waals surface area (Å²) in [6.07, 6.45) is 6.47. The fourth-order valence-corrected chi connectivity index (χ4v) is 4.25. The maximum atomic E-state index is 12.8. The summed E-state index contributed by atoms with van der Waals surface area (Å²) in [4.78, 5) is 50.0. The lowest BCUT2D eigenvalue weighted by Crippen LogP contribution is -2.37. The van der Waals surface area contributed by atoms with Crippen molar-refractivity contribution in [1.29, 1.82) is 0 Å². The van der Waals surface area contributed by atoms with Crippen LogP contribution in [0.5, 0.6) is 11.5 Å². The number of amides is 3. The van der Waals surface area contributed by atoms with Crippen LogP contribution in [0.1, 0.15) is 58.4 Å². The molecule has 0 atom stereocenters. The fraction of sp³-hybridized carbons (Fsp3) is 0.233. The second kappa shape index (κ2) is 13.7. The Morgan fingerprint density at radius 2 is 1.60 bits per heavy atom. The number of benzene rings is 3. The minimum atomic E-state index is -1.01. The van der Waals surface area contributed by atoms with Crippen molar-refractivity contribution in [3.63, 3.8) is 0 Å². The molecule has 0 radical (unpaired) electrons. The molecular weight excluding hydrogens is 512 g/mol. The highest BCUT2D eigenvalue weighted by molar-refractivity contribution is 6.40. The number of esters is 1. The van der Waals surface area contributed by atoms with Gasteiger partial charge in [0.2, 0.25) is 0 Å². The first-order chi connectivity index (χ1) is 19.4. The number of methoxy groups -OCH3 is 1. The Balaban J connectivity index is 1.31. The monoisotopic (exact) mass is 542 g/mol. The van der Waals surface area contributed by atoms with Crippen LogP contribution in [0.25, 0.3) is 0 Å². The lowest BCUT2D eigenvalue weighted by atomic mass is 9.95. The number of para-hydroxylation sites is 1. The van der Waals surface area contributed by atoms with Crippen LogP contribution in [0.4, 0.5) is 5.69 Å². The molecule has 1 aliphatic carbocycles. The summed E-state index contributed by atoms with van der Waals surface area (Å²) in [6.45, 7) is 0. The van der Waals surface area contributed by atoms with Gasteiger partial charge in [-0.15, -0.1) is 0 Å². The van der Waals surface area contributed by atoms with E-state index in [1.165, 1.54) is 19.7 Å². The van der Waals surface area contributed by atoms with E-state index in [0.717, 1.165) is 25.7 Å². The van der Waals surface area contributed by atoms with Gasteiger partial charge < -0.3 is 20.1 Å². The van der Waals surface area contributed by atoms with Crippen LogP contribution in [0.3, 0.4) is 0 Å². The van der Waals surface area contributed by atoms with E-state index in [9.17, 15) is 19.2 Å². The molecule has 3 aromatic carbocycles. The third kappa shape index (κ3) is 7.76. The van der Waals surface area contributed by atoms with Crippen molar-refractivity contribution in [3.05, 3.63) is 89.5 Å². The highest BCUT2D eigenvalue weighted by atomic mass is 16.5. The minimum absolute atomic E-state index is 0.104. The van der Waals surface area contributed by atoms with Crippen LogP contribution in [-0.4, -0.2) is 43.1 Å². The molecular formula is C30H30N4O6. The van der Waals surface area contributed by atoms with Gasteiger partial charge in [0.05, 0.1) is 30.1 Å². The molecule has 1 saturated carbocycles. The Labute approximate surface area is 231 Å². The van der Waals surface area contributed by atoms with Crippen LogP contribution in [-0.2, 0) is 9.59 Å². The lowest BCUT2D eigenvalue weighted by molar-refractivity contribution is -0.136. The number of hydrogen-bond acceptors (Lipinski definition) is 7. The topological polar surface area (TPSA) is 135 Å². The predicted octanol–water partition coefficient (Wildman–Crippen LogP) is 4.07. The van der Waals surface area contributed by atoms with E-state index in [4.69, 9.17) is 9.47 Å². The molecule has 206 valence electrons. The largest absolute Gasteiger partial charge is 0.497 e. The quantitative estimate of drug-likeness (QED) is 0.129. The Hall–Kier alpha value is -4.99. The number of anilines is 1. The van der Waals surface area contributed by atoms with Gasteiger partial charge in [0, 0.05) is 6.04 Å². The van der Waals surface area contributed by atoms with Crippen molar-refractivity contribution in [1.82, 2.24) is 10.7 Å². The van der Waals surface area contributed by atoms with Crippen molar-refractivity contribution < 1.29 is 28.7 Å². The molecule has 0 heterocycles. The molecule has 10 heteroatoms. The summed E-state index contributed by atoms with van der Waals surface area (Å²) in [6, 6.07) is 19.6. The summed E-state index contributed by atoms with van der Waals surface area (Å²) in [5.74, 6) is -1.94.